The van der Waals surface area contributed by atoms with Gasteiger partial charge in [0.1, 0.15) is 0 Å². The summed E-state index contributed by atoms with van der Waals surface area (Å²) in [4.78, 5) is 1.09. The highest BCUT2D eigenvalue weighted by molar-refractivity contribution is 7.10. The minimum atomic E-state index is -1.97. The average Bonchev–Trinajstić information content (AvgIpc) is 3.22. The first-order valence-electron chi connectivity index (χ1n) is 8.92. The van der Waals surface area contributed by atoms with Crippen molar-refractivity contribution in [3.8, 4) is 0 Å². The van der Waals surface area contributed by atoms with Crippen molar-refractivity contribution in [1.82, 2.24) is 0 Å². The van der Waals surface area contributed by atoms with Crippen LogP contribution in [0.2, 0.25) is 23.2 Å². The van der Waals surface area contributed by atoms with Gasteiger partial charge in [-0.3, -0.25) is 0 Å². The maximum Gasteiger partial charge on any atom is 0.193 e. The second kappa shape index (κ2) is 7.74. The van der Waals surface area contributed by atoms with Crippen molar-refractivity contribution in [2.75, 3.05) is 13.2 Å². The Labute approximate surface area is 166 Å². The smallest absolute Gasteiger partial charge is 0.193 e. The summed E-state index contributed by atoms with van der Waals surface area (Å²) in [5, 5.41) is 3.00. The summed E-state index contributed by atoms with van der Waals surface area (Å²) in [6, 6.07) is 10.1. The lowest BCUT2D eigenvalue weighted by Crippen LogP contribution is -2.42. The maximum atomic E-state index is 6.81. The van der Waals surface area contributed by atoms with Gasteiger partial charge >= 0.3 is 0 Å². The lowest BCUT2D eigenvalue weighted by molar-refractivity contribution is -0.0413. The van der Waals surface area contributed by atoms with Crippen LogP contribution in [0.5, 0.6) is 0 Å². The molecule has 0 amide bonds. The predicted molar refractivity (Wildman–Crippen MR) is 111 cm³/mol. The molecule has 1 unspecified atom stereocenters. The summed E-state index contributed by atoms with van der Waals surface area (Å²) in [5.74, 6) is 0. The molecular weight excluding hydrogens is 384 g/mol. The second-order valence-electron chi connectivity index (χ2n) is 8.17. The molecule has 3 rings (SSSR count). The van der Waals surface area contributed by atoms with Crippen molar-refractivity contribution in [1.29, 1.82) is 0 Å². The second-order valence-corrected chi connectivity index (χ2v) is 14.3. The van der Waals surface area contributed by atoms with Crippen LogP contribution in [-0.4, -0.2) is 21.5 Å². The molecule has 1 aromatic heterocycles. The van der Waals surface area contributed by atoms with Crippen LogP contribution in [0.1, 0.15) is 49.2 Å². The number of hydrogen-bond donors (Lipinski definition) is 0. The molecule has 1 aromatic carbocycles. The molecule has 3 nitrogen and oxygen atoms in total. The fourth-order valence-electron chi connectivity index (χ4n) is 2.62. The molecule has 6 heteroatoms. The summed E-state index contributed by atoms with van der Waals surface area (Å²) in [6.07, 6.45) is -0.386. The molecule has 0 spiro atoms. The Bertz CT molecular complexity index is 748. The fourth-order valence-corrected chi connectivity index (χ4v) is 4.95. The van der Waals surface area contributed by atoms with Crippen LogP contribution in [0, 0.1) is 0 Å². The molecule has 2 heterocycles. The molecule has 2 aromatic rings. The normalized spacial score (nSPS) is 17.6. The zero-order valence-corrected chi connectivity index (χ0v) is 18.6. The van der Waals surface area contributed by atoms with Gasteiger partial charge in [0.05, 0.1) is 24.2 Å². The van der Waals surface area contributed by atoms with Crippen molar-refractivity contribution < 1.29 is 13.9 Å². The predicted octanol–water partition coefficient (Wildman–Crippen LogP) is 6.56. The quantitative estimate of drug-likeness (QED) is 0.522. The summed E-state index contributed by atoms with van der Waals surface area (Å²) in [5.41, 5.74) is 2.22. The van der Waals surface area contributed by atoms with E-state index in [1.165, 1.54) is 0 Å². The van der Waals surface area contributed by atoms with E-state index in [-0.39, 0.29) is 17.4 Å². The zero-order valence-electron chi connectivity index (χ0n) is 16.0. The molecular formula is C20H27ClO3SSi. The minimum absolute atomic E-state index is 0.125. The van der Waals surface area contributed by atoms with Gasteiger partial charge in [-0.05, 0) is 52.8 Å². The molecule has 142 valence electrons. The van der Waals surface area contributed by atoms with E-state index in [2.05, 4.69) is 51.4 Å². The third-order valence-corrected chi connectivity index (χ3v) is 10.8. The lowest BCUT2D eigenvalue weighted by atomic mass is 10.0. The SMILES string of the molecule is CC(C)(C)[Si](C)(C)OC(c1cccc(Cl)c1)c1csc(C2OCCO2)c1. The van der Waals surface area contributed by atoms with Crippen LogP contribution in [-0.2, 0) is 13.9 Å². The molecule has 0 bridgehead atoms. The molecule has 1 aliphatic heterocycles. The lowest BCUT2D eigenvalue weighted by Gasteiger charge is -2.39. The fraction of sp³-hybridized carbons (Fsp3) is 0.500. The highest BCUT2D eigenvalue weighted by atomic mass is 35.5. The Morgan fingerprint density at radius 3 is 2.46 bits per heavy atom. The van der Waals surface area contributed by atoms with Crippen LogP contribution >= 0.6 is 22.9 Å². The first-order valence-corrected chi connectivity index (χ1v) is 13.1. The van der Waals surface area contributed by atoms with Crippen molar-refractivity contribution in [2.24, 2.45) is 0 Å². The van der Waals surface area contributed by atoms with Crippen molar-refractivity contribution in [3.05, 3.63) is 56.7 Å². The first-order chi connectivity index (χ1) is 12.2. The van der Waals surface area contributed by atoms with E-state index in [1.807, 2.05) is 18.2 Å². The van der Waals surface area contributed by atoms with Crippen LogP contribution in [0.3, 0.4) is 0 Å². The monoisotopic (exact) mass is 410 g/mol. The Morgan fingerprint density at radius 2 is 1.85 bits per heavy atom. The van der Waals surface area contributed by atoms with E-state index in [4.69, 9.17) is 25.5 Å². The van der Waals surface area contributed by atoms with Crippen LogP contribution in [0.25, 0.3) is 0 Å². The van der Waals surface area contributed by atoms with E-state index in [0.29, 0.717) is 13.2 Å². The molecule has 1 aliphatic rings. The Morgan fingerprint density at radius 1 is 1.15 bits per heavy atom. The van der Waals surface area contributed by atoms with E-state index >= 15 is 0 Å². The topological polar surface area (TPSA) is 27.7 Å². The Kier molecular flexibility index (Phi) is 5.97. The summed E-state index contributed by atoms with van der Waals surface area (Å²) in [6.45, 7) is 12.6. The van der Waals surface area contributed by atoms with E-state index < -0.39 is 8.32 Å². The third-order valence-electron chi connectivity index (χ3n) is 5.17. The van der Waals surface area contributed by atoms with Gasteiger partial charge in [0.2, 0.25) is 0 Å². The molecule has 0 saturated carbocycles. The van der Waals surface area contributed by atoms with Gasteiger partial charge in [0, 0.05) is 5.02 Å². The van der Waals surface area contributed by atoms with Crippen LogP contribution in [0.4, 0.5) is 0 Å². The largest absolute Gasteiger partial charge is 0.406 e. The summed E-state index contributed by atoms with van der Waals surface area (Å²) < 4.78 is 18.1. The van der Waals surface area contributed by atoms with Crippen LogP contribution < -0.4 is 0 Å². The van der Waals surface area contributed by atoms with Crippen molar-refractivity contribution in [2.45, 2.75) is 51.3 Å². The number of halogens is 1. The minimum Gasteiger partial charge on any atom is -0.406 e. The van der Waals surface area contributed by atoms with Crippen LogP contribution in [0.15, 0.2) is 35.7 Å². The zero-order chi connectivity index (χ0) is 18.9. The number of benzene rings is 1. The molecule has 0 radical (unpaired) electrons. The van der Waals surface area contributed by atoms with E-state index in [1.54, 1.807) is 11.3 Å². The number of rotatable bonds is 5. The third kappa shape index (κ3) is 4.41. The van der Waals surface area contributed by atoms with Gasteiger partial charge in [0.25, 0.3) is 0 Å². The molecule has 26 heavy (non-hydrogen) atoms. The van der Waals surface area contributed by atoms with E-state index in [0.717, 1.165) is 21.0 Å². The summed E-state index contributed by atoms with van der Waals surface area (Å²) >= 11 is 7.92. The van der Waals surface area contributed by atoms with Gasteiger partial charge in [-0.25, -0.2) is 0 Å². The highest BCUT2D eigenvalue weighted by Crippen LogP contribution is 2.43. The van der Waals surface area contributed by atoms with Crippen molar-refractivity contribution in [3.63, 3.8) is 0 Å². The Hall–Kier alpha value is -0.693. The van der Waals surface area contributed by atoms with Gasteiger partial charge in [-0.2, -0.15) is 0 Å². The Balaban J connectivity index is 1.95. The van der Waals surface area contributed by atoms with Gasteiger partial charge < -0.3 is 13.9 Å². The number of thiophene rings is 1. The van der Waals surface area contributed by atoms with Gasteiger partial charge in [-0.15, -0.1) is 11.3 Å². The van der Waals surface area contributed by atoms with E-state index in [9.17, 15) is 0 Å². The molecule has 1 saturated heterocycles. The van der Waals surface area contributed by atoms with Gasteiger partial charge in [-0.1, -0.05) is 44.5 Å². The first kappa shape index (κ1) is 20.1. The van der Waals surface area contributed by atoms with Crippen molar-refractivity contribution >= 4 is 31.3 Å². The highest BCUT2D eigenvalue weighted by Gasteiger charge is 2.40. The number of ether oxygens (including phenoxy) is 2. The molecule has 1 fully saturated rings. The molecule has 0 aliphatic carbocycles. The number of hydrogen-bond acceptors (Lipinski definition) is 4. The van der Waals surface area contributed by atoms with Gasteiger partial charge in [0.15, 0.2) is 14.6 Å². The molecule has 1 atom stereocenters. The summed E-state index contributed by atoms with van der Waals surface area (Å²) in [7, 11) is -1.97. The maximum absolute atomic E-state index is 6.81. The molecule has 0 N–H and O–H groups in total. The standard InChI is InChI=1S/C20H27ClO3SSi/c1-20(2,3)26(4,5)24-18(14-7-6-8-16(21)11-14)15-12-17(25-13-15)19-22-9-10-23-19/h6-8,11-13,18-19H,9-10H2,1-5H3. The average molecular weight is 411 g/mol.